The van der Waals surface area contributed by atoms with Crippen molar-refractivity contribution in [3.05, 3.63) is 50.9 Å². The quantitative estimate of drug-likeness (QED) is 0.865. The van der Waals surface area contributed by atoms with Gasteiger partial charge in [0.1, 0.15) is 5.01 Å². The smallest absolute Gasteiger partial charge is 0.109 e. The summed E-state index contributed by atoms with van der Waals surface area (Å²) in [6.07, 6.45) is 1.86. The second-order valence-electron chi connectivity index (χ2n) is 5.34. The van der Waals surface area contributed by atoms with Crippen LogP contribution in [0, 0.1) is 0 Å². The van der Waals surface area contributed by atoms with Crippen LogP contribution in [0.25, 0.3) is 0 Å². The molecule has 0 saturated heterocycles. The van der Waals surface area contributed by atoms with E-state index in [1.165, 1.54) is 10.0 Å². The van der Waals surface area contributed by atoms with Gasteiger partial charge < -0.3 is 5.32 Å². The summed E-state index contributed by atoms with van der Waals surface area (Å²) in [7, 11) is 0. The van der Waals surface area contributed by atoms with Gasteiger partial charge in [0, 0.05) is 28.0 Å². The molecule has 0 spiro atoms. The Morgan fingerprint density at radius 1 is 1.37 bits per heavy atom. The zero-order valence-electron chi connectivity index (χ0n) is 11.5. The summed E-state index contributed by atoms with van der Waals surface area (Å²) in [6.45, 7) is 7.59. The van der Waals surface area contributed by atoms with Gasteiger partial charge in [-0.05, 0) is 18.6 Å². The molecule has 1 aromatic heterocycles. The summed E-state index contributed by atoms with van der Waals surface area (Å²) in [5.41, 5.74) is 1.40. The third-order valence-corrected chi connectivity index (χ3v) is 4.92. The fraction of sp³-hybridized carbons (Fsp3) is 0.400. The van der Waals surface area contributed by atoms with Crippen LogP contribution in [0.4, 0.5) is 0 Å². The third-order valence-electron chi connectivity index (χ3n) is 3.28. The van der Waals surface area contributed by atoms with E-state index in [9.17, 15) is 0 Å². The number of benzene rings is 1. The standard InChI is InChI=1S/C15H19BrN2S/c1-11(14-17-8-9-19-14)18-10-15(2,3)12-6-4-5-7-13(12)16/h4-9,11,18H,10H2,1-3H3/t11-/m0/s1. The van der Waals surface area contributed by atoms with Gasteiger partial charge in [0.2, 0.25) is 0 Å². The van der Waals surface area contributed by atoms with E-state index in [1.54, 1.807) is 11.3 Å². The molecule has 1 aromatic carbocycles. The van der Waals surface area contributed by atoms with Crippen molar-refractivity contribution < 1.29 is 0 Å². The van der Waals surface area contributed by atoms with Crippen molar-refractivity contribution in [1.82, 2.24) is 10.3 Å². The Kier molecular flexibility index (Phi) is 4.76. The third kappa shape index (κ3) is 3.65. The Bertz CT molecular complexity index is 523. The number of hydrogen-bond donors (Lipinski definition) is 1. The number of halogens is 1. The van der Waals surface area contributed by atoms with Crippen LogP contribution in [-0.4, -0.2) is 11.5 Å². The molecule has 4 heteroatoms. The average molecular weight is 339 g/mol. The van der Waals surface area contributed by atoms with Crippen LogP contribution in [0.2, 0.25) is 0 Å². The summed E-state index contributed by atoms with van der Waals surface area (Å²) < 4.78 is 1.17. The highest BCUT2D eigenvalue weighted by molar-refractivity contribution is 9.10. The Morgan fingerprint density at radius 2 is 2.11 bits per heavy atom. The van der Waals surface area contributed by atoms with E-state index in [1.807, 2.05) is 11.6 Å². The minimum atomic E-state index is 0.0750. The Labute approximate surface area is 127 Å². The number of nitrogens with zero attached hydrogens (tertiary/aromatic N) is 1. The van der Waals surface area contributed by atoms with E-state index in [4.69, 9.17) is 0 Å². The molecule has 0 bridgehead atoms. The highest BCUT2D eigenvalue weighted by Crippen LogP contribution is 2.30. The first-order valence-corrected chi connectivity index (χ1v) is 8.06. The van der Waals surface area contributed by atoms with Crippen molar-refractivity contribution in [2.75, 3.05) is 6.54 Å². The van der Waals surface area contributed by atoms with E-state index in [0.717, 1.165) is 11.6 Å². The molecule has 1 heterocycles. The number of rotatable bonds is 5. The zero-order chi connectivity index (χ0) is 13.9. The molecule has 0 radical (unpaired) electrons. The monoisotopic (exact) mass is 338 g/mol. The van der Waals surface area contributed by atoms with E-state index in [2.05, 4.69) is 71.3 Å². The van der Waals surface area contributed by atoms with Crippen molar-refractivity contribution in [3.8, 4) is 0 Å². The van der Waals surface area contributed by atoms with Crippen molar-refractivity contribution >= 4 is 27.3 Å². The van der Waals surface area contributed by atoms with Gasteiger partial charge in [-0.1, -0.05) is 48.0 Å². The number of thiazole rings is 1. The number of nitrogens with one attached hydrogen (secondary N) is 1. The normalized spacial score (nSPS) is 13.5. The van der Waals surface area contributed by atoms with Gasteiger partial charge in [-0.2, -0.15) is 0 Å². The molecule has 1 atom stereocenters. The van der Waals surface area contributed by atoms with Crippen LogP contribution in [0.15, 0.2) is 40.3 Å². The van der Waals surface area contributed by atoms with Gasteiger partial charge in [-0.3, -0.25) is 0 Å². The lowest BCUT2D eigenvalue weighted by Crippen LogP contribution is -2.34. The Balaban J connectivity index is 2.04. The lowest BCUT2D eigenvalue weighted by molar-refractivity contribution is 0.433. The van der Waals surface area contributed by atoms with Crippen LogP contribution in [0.5, 0.6) is 0 Å². The summed E-state index contributed by atoms with van der Waals surface area (Å²) in [4.78, 5) is 4.35. The zero-order valence-corrected chi connectivity index (χ0v) is 13.9. The SMILES string of the molecule is C[C@H](NCC(C)(C)c1ccccc1Br)c1nccs1. The van der Waals surface area contributed by atoms with Gasteiger partial charge in [0.15, 0.2) is 0 Å². The van der Waals surface area contributed by atoms with Gasteiger partial charge in [-0.25, -0.2) is 4.98 Å². The topological polar surface area (TPSA) is 24.9 Å². The lowest BCUT2D eigenvalue weighted by Gasteiger charge is -2.28. The molecule has 2 nitrogen and oxygen atoms in total. The molecule has 0 unspecified atom stereocenters. The maximum Gasteiger partial charge on any atom is 0.109 e. The predicted molar refractivity (Wildman–Crippen MR) is 85.7 cm³/mol. The summed E-state index contributed by atoms with van der Waals surface area (Å²) >= 11 is 5.34. The molecule has 0 aliphatic carbocycles. The van der Waals surface area contributed by atoms with Crippen molar-refractivity contribution in [2.45, 2.75) is 32.2 Å². The van der Waals surface area contributed by atoms with Gasteiger partial charge >= 0.3 is 0 Å². The molecule has 1 N–H and O–H groups in total. The summed E-state index contributed by atoms with van der Waals surface area (Å²) in [5, 5.41) is 6.74. The van der Waals surface area contributed by atoms with E-state index in [0.29, 0.717) is 6.04 Å². The molecule has 19 heavy (non-hydrogen) atoms. The molecular weight excluding hydrogens is 320 g/mol. The van der Waals surface area contributed by atoms with Gasteiger partial charge in [0.25, 0.3) is 0 Å². The van der Waals surface area contributed by atoms with Crippen molar-refractivity contribution in [1.29, 1.82) is 0 Å². The second kappa shape index (κ2) is 6.16. The number of hydrogen-bond acceptors (Lipinski definition) is 3. The highest BCUT2D eigenvalue weighted by Gasteiger charge is 2.23. The van der Waals surface area contributed by atoms with Gasteiger partial charge in [0.05, 0.1) is 6.04 Å². The average Bonchev–Trinajstić information content (AvgIpc) is 2.90. The fourth-order valence-corrected chi connectivity index (χ4v) is 3.54. The van der Waals surface area contributed by atoms with E-state index >= 15 is 0 Å². The molecule has 2 rings (SSSR count). The number of aromatic nitrogens is 1. The first kappa shape index (κ1) is 14.7. The van der Waals surface area contributed by atoms with E-state index in [-0.39, 0.29) is 5.41 Å². The molecule has 0 aliphatic heterocycles. The maximum atomic E-state index is 4.35. The largest absolute Gasteiger partial charge is 0.307 e. The Morgan fingerprint density at radius 3 is 2.74 bits per heavy atom. The molecule has 0 saturated carbocycles. The minimum Gasteiger partial charge on any atom is -0.307 e. The van der Waals surface area contributed by atoms with E-state index < -0.39 is 0 Å². The van der Waals surface area contributed by atoms with Crippen LogP contribution < -0.4 is 5.32 Å². The van der Waals surface area contributed by atoms with Crippen molar-refractivity contribution in [3.63, 3.8) is 0 Å². The van der Waals surface area contributed by atoms with Crippen LogP contribution in [0.3, 0.4) is 0 Å². The fourth-order valence-electron chi connectivity index (χ4n) is 2.05. The maximum absolute atomic E-state index is 4.35. The van der Waals surface area contributed by atoms with Crippen LogP contribution in [0.1, 0.15) is 37.4 Å². The second-order valence-corrected chi connectivity index (χ2v) is 7.12. The molecule has 0 fully saturated rings. The molecule has 2 aromatic rings. The van der Waals surface area contributed by atoms with Crippen LogP contribution in [-0.2, 0) is 5.41 Å². The minimum absolute atomic E-state index is 0.0750. The molecule has 0 amide bonds. The van der Waals surface area contributed by atoms with Crippen LogP contribution >= 0.6 is 27.3 Å². The molecular formula is C15H19BrN2S. The highest BCUT2D eigenvalue weighted by atomic mass is 79.9. The van der Waals surface area contributed by atoms with Gasteiger partial charge in [-0.15, -0.1) is 11.3 Å². The Hall–Kier alpha value is -0.710. The summed E-state index contributed by atoms with van der Waals surface area (Å²) in [5.74, 6) is 0. The molecule has 0 aliphatic rings. The van der Waals surface area contributed by atoms with Crippen molar-refractivity contribution in [2.24, 2.45) is 0 Å². The summed E-state index contributed by atoms with van der Waals surface area (Å²) in [6, 6.07) is 8.71. The first-order chi connectivity index (χ1) is 9.00. The lowest BCUT2D eigenvalue weighted by atomic mass is 9.84. The first-order valence-electron chi connectivity index (χ1n) is 6.38. The molecule has 102 valence electrons. The predicted octanol–water partition coefficient (Wildman–Crippen LogP) is 4.53.